The summed E-state index contributed by atoms with van der Waals surface area (Å²) in [5, 5.41) is 10.6. The first-order valence-corrected chi connectivity index (χ1v) is 5.98. The second kappa shape index (κ2) is 5.46. The van der Waals surface area contributed by atoms with Crippen LogP contribution in [0.5, 0.6) is 0 Å². The van der Waals surface area contributed by atoms with Crippen molar-refractivity contribution in [3.63, 3.8) is 0 Å². The molecule has 1 aromatic heterocycles. The van der Waals surface area contributed by atoms with Crippen LogP contribution in [0.2, 0.25) is 5.02 Å². The van der Waals surface area contributed by atoms with Gasteiger partial charge in [-0.2, -0.15) is 0 Å². The zero-order valence-corrected chi connectivity index (χ0v) is 10.7. The van der Waals surface area contributed by atoms with Gasteiger partial charge in [-0.05, 0) is 36.2 Å². The van der Waals surface area contributed by atoms with Crippen molar-refractivity contribution in [2.24, 2.45) is 0 Å². The van der Waals surface area contributed by atoms with Crippen LogP contribution in [-0.2, 0) is 6.42 Å². The van der Waals surface area contributed by atoms with Gasteiger partial charge in [0.15, 0.2) is 0 Å². The molecule has 2 rings (SSSR count). The first-order chi connectivity index (χ1) is 8.56. The van der Waals surface area contributed by atoms with Gasteiger partial charge < -0.3 is 5.11 Å². The van der Waals surface area contributed by atoms with Crippen molar-refractivity contribution < 1.29 is 9.50 Å². The fraction of sp³-hybridized carbons (Fsp3) is 0.214. The van der Waals surface area contributed by atoms with Crippen molar-refractivity contribution >= 4 is 11.6 Å². The summed E-state index contributed by atoms with van der Waals surface area (Å²) in [5.41, 5.74) is 2.35. The topological polar surface area (TPSA) is 33.1 Å². The minimum Gasteiger partial charge on any atom is -0.386 e. The summed E-state index contributed by atoms with van der Waals surface area (Å²) >= 11 is 6.09. The molecule has 1 aromatic carbocycles. The molecular weight excluding hydrogens is 253 g/mol. The summed E-state index contributed by atoms with van der Waals surface area (Å²) in [5.74, 6) is -0.417. The Morgan fingerprint density at radius 3 is 2.72 bits per heavy atom. The van der Waals surface area contributed by atoms with Crippen LogP contribution in [0.3, 0.4) is 0 Å². The van der Waals surface area contributed by atoms with Crippen LogP contribution in [0, 0.1) is 12.7 Å². The van der Waals surface area contributed by atoms with Crippen LogP contribution in [-0.4, -0.2) is 10.1 Å². The normalized spacial score (nSPS) is 12.4. The third kappa shape index (κ3) is 3.06. The Labute approximate surface area is 110 Å². The van der Waals surface area contributed by atoms with Crippen molar-refractivity contribution in [3.05, 3.63) is 64.2 Å². The number of nitrogens with zero attached hydrogens (tertiary/aromatic N) is 1. The Bertz CT molecular complexity index is 542. The van der Waals surface area contributed by atoms with E-state index in [-0.39, 0.29) is 0 Å². The second-order valence-electron chi connectivity index (χ2n) is 4.22. The smallest absolute Gasteiger partial charge is 0.141 e. The van der Waals surface area contributed by atoms with Gasteiger partial charge in [-0.3, -0.25) is 4.98 Å². The van der Waals surface area contributed by atoms with Crippen LogP contribution >= 0.6 is 11.6 Å². The predicted molar refractivity (Wildman–Crippen MR) is 69.0 cm³/mol. The zero-order chi connectivity index (χ0) is 13.1. The molecule has 18 heavy (non-hydrogen) atoms. The monoisotopic (exact) mass is 265 g/mol. The summed E-state index contributed by atoms with van der Waals surface area (Å²) in [6.45, 7) is 1.95. The molecule has 1 N–H and O–H groups in total. The third-order valence-corrected chi connectivity index (χ3v) is 3.07. The van der Waals surface area contributed by atoms with Crippen LogP contribution < -0.4 is 0 Å². The summed E-state index contributed by atoms with van der Waals surface area (Å²) in [7, 11) is 0. The van der Waals surface area contributed by atoms with Crippen LogP contribution in [0.25, 0.3) is 0 Å². The molecule has 0 aliphatic carbocycles. The number of aromatic nitrogens is 1. The molecule has 0 radical (unpaired) electrons. The predicted octanol–water partition coefficient (Wildman–Crippen LogP) is 3.46. The SMILES string of the molecule is Cc1ccc(CC(O)c2ccc(F)cn2)c(Cl)c1. The Morgan fingerprint density at radius 1 is 1.33 bits per heavy atom. The van der Waals surface area contributed by atoms with Gasteiger partial charge in [0, 0.05) is 11.4 Å². The molecule has 1 atom stereocenters. The number of hydrogen-bond acceptors (Lipinski definition) is 2. The lowest BCUT2D eigenvalue weighted by molar-refractivity contribution is 0.173. The van der Waals surface area contributed by atoms with Gasteiger partial charge in [0.25, 0.3) is 0 Å². The maximum atomic E-state index is 12.7. The molecule has 1 heterocycles. The number of aliphatic hydroxyl groups is 1. The lowest BCUT2D eigenvalue weighted by Gasteiger charge is -2.11. The highest BCUT2D eigenvalue weighted by molar-refractivity contribution is 6.31. The number of halogens is 2. The highest BCUT2D eigenvalue weighted by Gasteiger charge is 2.12. The van der Waals surface area contributed by atoms with E-state index in [0.717, 1.165) is 17.3 Å². The average molecular weight is 266 g/mol. The Kier molecular flexibility index (Phi) is 3.94. The first kappa shape index (κ1) is 13.0. The number of rotatable bonds is 3. The molecule has 2 aromatic rings. The second-order valence-corrected chi connectivity index (χ2v) is 4.62. The Morgan fingerprint density at radius 2 is 2.11 bits per heavy atom. The van der Waals surface area contributed by atoms with Crippen molar-refractivity contribution in [3.8, 4) is 0 Å². The standard InChI is InChI=1S/C14H13ClFNO/c1-9-2-3-10(12(15)6-9)7-14(18)13-5-4-11(16)8-17-13/h2-6,8,14,18H,7H2,1H3. The summed E-state index contributed by atoms with van der Waals surface area (Å²) in [4.78, 5) is 3.85. The van der Waals surface area contributed by atoms with E-state index in [9.17, 15) is 9.50 Å². The molecule has 0 bridgehead atoms. The van der Waals surface area contributed by atoms with E-state index in [0.29, 0.717) is 17.1 Å². The van der Waals surface area contributed by atoms with E-state index < -0.39 is 11.9 Å². The van der Waals surface area contributed by atoms with Crippen LogP contribution in [0.4, 0.5) is 4.39 Å². The maximum Gasteiger partial charge on any atom is 0.141 e. The quantitative estimate of drug-likeness (QED) is 0.922. The van der Waals surface area contributed by atoms with E-state index >= 15 is 0 Å². The zero-order valence-electron chi connectivity index (χ0n) is 9.90. The van der Waals surface area contributed by atoms with Crippen LogP contribution in [0.15, 0.2) is 36.5 Å². The molecule has 4 heteroatoms. The number of aryl methyl sites for hydroxylation is 1. The van der Waals surface area contributed by atoms with Crippen molar-refractivity contribution in [1.82, 2.24) is 4.98 Å². The maximum absolute atomic E-state index is 12.7. The molecule has 0 saturated carbocycles. The van der Waals surface area contributed by atoms with Crippen molar-refractivity contribution in [1.29, 1.82) is 0 Å². The van der Waals surface area contributed by atoms with Gasteiger partial charge in [0.05, 0.1) is 18.0 Å². The highest BCUT2D eigenvalue weighted by atomic mass is 35.5. The molecule has 2 nitrogen and oxygen atoms in total. The molecule has 0 amide bonds. The van der Waals surface area contributed by atoms with E-state index in [1.54, 1.807) is 0 Å². The number of benzene rings is 1. The lowest BCUT2D eigenvalue weighted by Crippen LogP contribution is -2.04. The van der Waals surface area contributed by atoms with Crippen molar-refractivity contribution in [2.75, 3.05) is 0 Å². The molecule has 0 spiro atoms. The molecule has 94 valence electrons. The molecule has 0 aliphatic rings. The van der Waals surface area contributed by atoms with E-state index in [2.05, 4.69) is 4.98 Å². The van der Waals surface area contributed by atoms with E-state index in [1.165, 1.54) is 12.1 Å². The minimum absolute atomic E-state index is 0.359. The third-order valence-electron chi connectivity index (χ3n) is 2.71. The fourth-order valence-electron chi connectivity index (χ4n) is 1.72. The van der Waals surface area contributed by atoms with E-state index in [4.69, 9.17) is 11.6 Å². The van der Waals surface area contributed by atoms with Gasteiger partial charge in [-0.15, -0.1) is 0 Å². The fourth-order valence-corrected chi connectivity index (χ4v) is 2.03. The van der Waals surface area contributed by atoms with Gasteiger partial charge in [-0.25, -0.2) is 4.39 Å². The number of aliphatic hydroxyl groups excluding tert-OH is 1. The average Bonchev–Trinajstić information content (AvgIpc) is 2.33. The highest BCUT2D eigenvalue weighted by Crippen LogP contribution is 2.23. The number of hydrogen-bond donors (Lipinski definition) is 1. The Balaban J connectivity index is 2.15. The van der Waals surface area contributed by atoms with E-state index in [1.807, 2.05) is 25.1 Å². The molecule has 0 saturated heterocycles. The van der Waals surface area contributed by atoms with Gasteiger partial charge in [0.2, 0.25) is 0 Å². The molecule has 0 aliphatic heterocycles. The summed E-state index contributed by atoms with van der Waals surface area (Å²) in [6, 6.07) is 8.42. The minimum atomic E-state index is -0.786. The number of pyridine rings is 1. The van der Waals surface area contributed by atoms with Crippen molar-refractivity contribution in [2.45, 2.75) is 19.4 Å². The summed E-state index contributed by atoms with van der Waals surface area (Å²) < 4.78 is 12.7. The first-order valence-electron chi connectivity index (χ1n) is 5.61. The van der Waals surface area contributed by atoms with Gasteiger partial charge >= 0.3 is 0 Å². The molecule has 0 fully saturated rings. The van der Waals surface area contributed by atoms with Gasteiger partial charge in [0.1, 0.15) is 5.82 Å². The van der Waals surface area contributed by atoms with Crippen LogP contribution in [0.1, 0.15) is 22.9 Å². The largest absolute Gasteiger partial charge is 0.386 e. The van der Waals surface area contributed by atoms with Gasteiger partial charge in [-0.1, -0.05) is 23.7 Å². The molecule has 1 unspecified atom stereocenters. The lowest BCUT2D eigenvalue weighted by atomic mass is 10.0. The molecular formula is C14H13ClFNO. The Hall–Kier alpha value is -1.45. The summed E-state index contributed by atoms with van der Waals surface area (Å²) in [6.07, 6.45) is 0.665.